The molecule has 0 bridgehead atoms. The lowest BCUT2D eigenvalue weighted by Crippen LogP contribution is -2.05. The number of rotatable bonds is 2. The maximum Gasteiger partial charge on any atom is 0.338 e. The molecule has 0 fully saturated rings. The van der Waals surface area contributed by atoms with Gasteiger partial charge in [0.25, 0.3) is 0 Å². The molecule has 1 aromatic rings. The number of methoxy groups -OCH3 is 1. The molecule has 0 amide bonds. The van der Waals surface area contributed by atoms with Gasteiger partial charge in [0.1, 0.15) is 6.29 Å². The standard InChI is InChI=1S/C11H12O3/c1-7-5-10(11(13)14-3)8(2)4-9(7)6-12/h4-6H,1-3H3. The maximum absolute atomic E-state index is 11.3. The second-order valence-electron chi connectivity index (χ2n) is 3.13. The smallest absolute Gasteiger partial charge is 0.338 e. The molecule has 1 rings (SSSR count). The van der Waals surface area contributed by atoms with Crippen molar-refractivity contribution in [2.45, 2.75) is 13.8 Å². The van der Waals surface area contributed by atoms with Gasteiger partial charge in [0.2, 0.25) is 0 Å². The zero-order chi connectivity index (χ0) is 10.7. The van der Waals surface area contributed by atoms with Crippen LogP contribution in [0.15, 0.2) is 12.1 Å². The van der Waals surface area contributed by atoms with Gasteiger partial charge >= 0.3 is 5.97 Å². The molecular weight excluding hydrogens is 180 g/mol. The first-order chi connectivity index (χ1) is 6.60. The van der Waals surface area contributed by atoms with Crippen LogP contribution in [0.3, 0.4) is 0 Å². The molecule has 0 aliphatic carbocycles. The van der Waals surface area contributed by atoms with Gasteiger partial charge in [-0.3, -0.25) is 4.79 Å². The number of hydrogen-bond donors (Lipinski definition) is 0. The highest BCUT2D eigenvalue weighted by Crippen LogP contribution is 2.15. The number of hydrogen-bond acceptors (Lipinski definition) is 3. The van der Waals surface area contributed by atoms with Crippen molar-refractivity contribution in [2.75, 3.05) is 7.11 Å². The summed E-state index contributed by atoms with van der Waals surface area (Å²) in [5, 5.41) is 0. The van der Waals surface area contributed by atoms with Gasteiger partial charge in [-0.15, -0.1) is 0 Å². The predicted molar refractivity (Wildman–Crippen MR) is 52.6 cm³/mol. The first kappa shape index (κ1) is 10.4. The minimum atomic E-state index is -0.372. The van der Waals surface area contributed by atoms with Gasteiger partial charge in [0, 0.05) is 5.56 Å². The Balaban J connectivity index is 3.28. The second kappa shape index (κ2) is 4.05. The normalized spacial score (nSPS) is 9.64. The van der Waals surface area contributed by atoms with E-state index in [-0.39, 0.29) is 5.97 Å². The molecule has 0 heterocycles. The number of ether oxygens (including phenoxy) is 1. The number of esters is 1. The Hall–Kier alpha value is -1.64. The van der Waals surface area contributed by atoms with Gasteiger partial charge in [0.15, 0.2) is 0 Å². The van der Waals surface area contributed by atoms with E-state index in [1.165, 1.54) is 7.11 Å². The zero-order valence-electron chi connectivity index (χ0n) is 8.46. The Labute approximate surface area is 82.7 Å². The van der Waals surface area contributed by atoms with Crippen molar-refractivity contribution in [2.24, 2.45) is 0 Å². The summed E-state index contributed by atoms with van der Waals surface area (Å²) in [4.78, 5) is 21.9. The van der Waals surface area contributed by atoms with Crippen LogP contribution < -0.4 is 0 Å². The van der Waals surface area contributed by atoms with Gasteiger partial charge in [0.05, 0.1) is 12.7 Å². The van der Waals surface area contributed by atoms with E-state index < -0.39 is 0 Å². The first-order valence-electron chi connectivity index (χ1n) is 4.25. The highest BCUT2D eigenvalue weighted by atomic mass is 16.5. The van der Waals surface area contributed by atoms with E-state index in [0.717, 1.165) is 17.4 Å². The minimum absolute atomic E-state index is 0.372. The Kier molecular flexibility index (Phi) is 3.02. The van der Waals surface area contributed by atoms with Crippen LogP contribution in [-0.4, -0.2) is 19.4 Å². The molecule has 0 aromatic heterocycles. The van der Waals surface area contributed by atoms with Crippen LogP contribution in [-0.2, 0) is 4.74 Å². The van der Waals surface area contributed by atoms with Crippen LogP contribution in [0, 0.1) is 13.8 Å². The minimum Gasteiger partial charge on any atom is -0.465 e. The molecule has 74 valence electrons. The number of benzene rings is 1. The summed E-state index contributed by atoms with van der Waals surface area (Å²) in [6.07, 6.45) is 0.781. The van der Waals surface area contributed by atoms with Crippen molar-refractivity contribution >= 4 is 12.3 Å². The van der Waals surface area contributed by atoms with E-state index in [4.69, 9.17) is 0 Å². The van der Waals surface area contributed by atoms with Crippen molar-refractivity contribution in [3.63, 3.8) is 0 Å². The van der Waals surface area contributed by atoms with E-state index in [0.29, 0.717) is 11.1 Å². The highest BCUT2D eigenvalue weighted by Gasteiger charge is 2.11. The summed E-state index contributed by atoms with van der Waals surface area (Å²) in [5.74, 6) is -0.372. The number of aryl methyl sites for hydroxylation is 2. The van der Waals surface area contributed by atoms with Crippen molar-refractivity contribution in [3.05, 3.63) is 34.4 Å². The average Bonchev–Trinajstić information content (AvgIpc) is 2.19. The first-order valence-corrected chi connectivity index (χ1v) is 4.25. The van der Waals surface area contributed by atoms with Crippen LogP contribution in [0.2, 0.25) is 0 Å². The monoisotopic (exact) mass is 192 g/mol. The van der Waals surface area contributed by atoms with Crippen molar-refractivity contribution in [1.82, 2.24) is 0 Å². The third-order valence-electron chi connectivity index (χ3n) is 2.15. The fraction of sp³-hybridized carbons (Fsp3) is 0.273. The third kappa shape index (κ3) is 1.82. The van der Waals surface area contributed by atoms with Crippen LogP contribution >= 0.6 is 0 Å². The maximum atomic E-state index is 11.3. The van der Waals surface area contributed by atoms with E-state index in [2.05, 4.69) is 4.74 Å². The van der Waals surface area contributed by atoms with Crippen molar-refractivity contribution in [3.8, 4) is 0 Å². The molecule has 0 saturated carbocycles. The van der Waals surface area contributed by atoms with Crippen LogP contribution in [0.25, 0.3) is 0 Å². The van der Waals surface area contributed by atoms with Crippen molar-refractivity contribution < 1.29 is 14.3 Å². The summed E-state index contributed by atoms with van der Waals surface area (Å²) in [6.45, 7) is 3.56. The number of aldehydes is 1. The highest BCUT2D eigenvalue weighted by molar-refractivity contribution is 5.92. The zero-order valence-corrected chi connectivity index (χ0v) is 8.46. The summed E-state index contributed by atoms with van der Waals surface area (Å²) in [5.41, 5.74) is 2.65. The van der Waals surface area contributed by atoms with Gasteiger partial charge < -0.3 is 4.74 Å². The second-order valence-corrected chi connectivity index (χ2v) is 3.13. The van der Waals surface area contributed by atoms with Crippen LogP contribution in [0.5, 0.6) is 0 Å². The molecule has 0 radical (unpaired) electrons. The fourth-order valence-corrected chi connectivity index (χ4v) is 1.30. The molecule has 0 N–H and O–H groups in total. The molecule has 14 heavy (non-hydrogen) atoms. The Bertz CT molecular complexity index is 380. The van der Waals surface area contributed by atoms with Crippen LogP contribution in [0.1, 0.15) is 31.8 Å². The molecular formula is C11H12O3. The molecule has 0 spiro atoms. The lowest BCUT2D eigenvalue weighted by molar-refractivity contribution is 0.0599. The predicted octanol–water partition coefficient (Wildman–Crippen LogP) is 1.90. The molecule has 3 nitrogen and oxygen atoms in total. The number of carbonyl (C=O) groups is 2. The lowest BCUT2D eigenvalue weighted by atomic mass is 10.0. The Morgan fingerprint density at radius 2 is 1.93 bits per heavy atom. The van der Waals surface area contributed by atoms with Gasteiger partial charge in [-0.2, -0.15) is 0 Å². The summed E-state index contributed by atoms with van der Waals surface area (Å²) < 4.78 is 4.62. The lowest BCUT2D eigenvalue weighted by Gasteiger charge is -2.06. The average molecular weight is 192 g/mol. The third-order valence-corrected chi connectivity index (χ3v) is 2.15. The largest absolute Gasteiger partial charge is 0.465 e. The summed E-state index contributed by atoms with van der Waals surface area (Å²) in [6, 6.07) is 3.36. The molecule has 0 unspecified atom stereocenters. The molecule has 3 heteroatoms. The van der Waals surface area contributed by atoms with E-state index >= 15 is 0 Å². The van der Waals surface area contributed by atoms with Gasteiger partial charge in [-0.05, 0) is 37.1 Å². The topological polar surface area (TPSA) is 43.4 Å². The Morgan fingerprint density at radius 3 is 2.43 bits per heavy atom. The van der Waals surface area contributed by atoms with Crippen LogP contribution in [0.4, 0.5) is 0 Å². The quantitative estimate of drug-likeness (QED) is 0.531. The molecule has 0 aliphatic rings. The van der Waals surface area contributed by atoms with Gasteiger partial charge in [-0.25, -0.2) is 4.79 Å². The van der Waals surface area contributed by atoms with E-state index in [1.54, 1.807) is 26.0 Å². The molecule has 0 atom stereocenters. The fourth-order valence-electron chi connectivity index (χ4n) is 1.30. The van der Waals surface area contributed by atoms with Gasteiger partial charge in [-0.1, -0.05) is 0 Å². The SMILES string of the molecule is COC(=O)c1cc(C)c(C=O)cc1C. The molecule has 0 aliphatic heterocycles. The van der Waals surface area contributed by atoms with Crippen molar-refractivity contribution in [1.29, 1.82) is 0 Å². The molecule has 1 aromatic carbocycles. The summed E-state index contributed by atoms with van der Waals surface area (Å²) in [7, 11) is 1.34. The Morgan fingerprint density at radius 1 is 1.29 bits per heavy atom. The number of carbonyl (C=O) groups excluding carboxylic acids is 2. The summed E-state index contributed by atoms with van der Waals surface area (Å²) >= 11 is 0. The molecule has 0 saturated heterocycles. The van der Waals surface area contributed by atoms with E-state index in [1.807, 2.05) is 0 Å². The van der Waals surface area contributed by atoms with E-state index in [9.17, 15) is 9.59 Å².